The fourth-order valence-electron chi connectivity index (χ4n) is 4.01. The molecule has 0 saturated carbocycles. The van der Waals surface area contributed by atoms with Crippen molar-refractivity contribution in [2.75, 3.05) is 6.61 Å². The summed E-state index contributed by atoms with van der Waals surface area (Å²) in [5.74, 6) is 0. The Morgan fingerprint density at radius 3 is 1.45 bits per heavy atom. The van der Waals surface area contributed by atoms with E-state index in [1.807, 2.05) is 12.1 Å². The second-order valence-electron chi connectivity index (χ2n) is 7.71. The number of rotatable bonds is 7. The van der Waals surface area contributed by atoms with Crippen LogP contribution < -0.4 is 0 Å². The van der Waals surface area contributed by atoms with Gasteiger partial charge >= 0.3 is 0 Å². The zero-order chi connectivity index (χ0) is 21.5. The van der Waals surface area contributed by atoms with Gasteiger partial charge in [-0.15, -0.1) is 0 Å². The van der Waals surface area contributed by atoms with Gasteiger partial charge in [-0.1, -0.05) is 127 Å². The van der Waals surface area contributed by atoms with Crippen LogP contribution in [-0.4, -0.2) is 6.61 Å². The predicted octanol–water partition coefficient (Wildman–Crippen LogP) is 7.49. The molecule has 0 aromatic heterocycles. The summed E-state index contributed by atoms with van der Waals surface area (Å²) in [5, 5.41) is 0. The average molecular weight is 405 g/mol. The lowest BCUT2D eigenvalue weighted by Crippen LogP contribution is -2.32. The summed E-state index contributed by atoms with van der Waals surface area (Å²) in [6, 6.07) is 38.2. The Hall–Kier alpha value is -3.42. The summed E-state index contributed by atoms with van der Waals surface area (Å²) in [7, 11) is 0. The molecule has 0 bridgehead atoms. The summed E-state index contributed by atoms with van der Waals surface area (Å²) in [6.45, 7) is 4.77. The first-order valence-electron chi connectivity index (χ1n) is 10.8. The molecule has 0 aliphatic rings. The maximum atomic E-state index is 6.55. The molecule has 31 heavy (non-hydrogen) atoms. The highest BCUT2D eigenvalue weighted by molar-refractivity contribution is 5.70. The Kier molecular flexibility index (Phi) is 6.45. The van der Waals surface area contributed by atoms with E-state index in [4.69, 9.17) is 4.74 Å². The Morgan fingerprint density at radius 1 is 0.581 bits per heavy atom. The van der Waals surface area contributed by atoms with E-state index in [1.54, 1.807) is 0 Å². The van der Waals surface area contributed by atoms with Crippen molar-refractivity contribution in [2.24, 2.45) is 0 Å². The Balaban J connectivity index is 1.74. The molecule has 1 nitrogen and oxygen atoms in total. The first kappa shape index (κ1) is 20.8. The largest absolute Gasteiger partial charge is 0.361 e. The lowest BCUT2D eigenvalue weighted by molar-refractivity contribution is 0.0216. The standard InChI is InChI=1S/C30H28O/c1-3-31-30(27-10-6-4-7-11-27,28-12-8-5-9-13-28)29-22-20-26(21-23-29)19-18-25-16-14-24(2)15-17-25/h4-23H,3H2,1-2H3/b19-18+. The summed E-state index contributed by atoms with van der Waals surface area (Å²) in [5.41, 5.74) is 6.38. The number of aryl methyl sites for hydroxylation is 1. The fraction of sp³-hybridized carbons (Fsp3) is 0.133. The molecule has 0 heterocycles. The van der Waals surface area contributed by atoms with Gasteiger partial charge in [-0.05, 0) is 41.7 Å². The van der Waals surface area contributed by atoms with E-state index in [-0.39, 0.29) is 0 Å². The summed E-state index contributed by atoms with van der Waals surface area (Å²) in [4.78, 5) is 0. The van der Waals surface area contributed by atoms with Crippen molar-refractivity contribution in [1.82, 2.24) is 0 Å². The van der Waals surface area contributed by atoms with Crippen molar-refractivity contribution in [3.63, 3.8) is 0 Å². The van der Waals surface area contributed by atoms with Crippen molar-refractivity contribution in [3.05, 3.63) is 143 Å². The third-order valence-electron chi connectivity index (χ3n) is 5.58. The van der Waals surface area contributed by atoms with Crippen LogP contribution in [0.5, 0.6) is 0 Å². The first-order valence-corrected chi connectivity index (χ1v) is 10.8. The van der Waals surface area contributed by atoms with Crippen LogP contribution in [0.15, 0.2) is 109 Å². The SMILES string of the molecule is CCOC(c1ccccc1)(c1ccccc1)c1ccc(/C=C/c2ccc(C)cc2)cc1. The van der Waals surface area contributed by atoms with Gasteiger partial charge in [-0.25, -0.2) is 0 Å². The second kappa shape index (κ2) is 9.59. The van der Waals surface area contributed by atoms with Crippen LogP contribution in [-0.2, 0) is 10.3 Å². The van der Waals surface area contributed by atoms with Gasteiger partial charge in [-0.3, -0.25) is 0 Å². The number of hydrogen-bond acceptors (Lipinski definition) is 1. The topological polar surface area (TPSA) is 9.23 Å². The van der Waals surface area contributed by atoms with Crippen molar-refractivity contribution in [1.29, 1.82) is 0 Å². The molecule has 0 N–H and O–H groups in total. The minimum atomic E-state index is -0.642. The summed E-state index contributed by atoms with van der Waals surface area (Å²) in [6.07, 6.45) is 4.31. The van der Waals surface area contributed by atoms with Crippen LogP contribution in [0.1, 0.15) is 40.3 Å². The van der Waals surface area contributed by atoms with Crippen LogP contribution >= 0.6 is 0 Å². The maximum absolute atomic E-state index is 6.55. The van der Waals surface area contributed by atoms with Crippen molar-refractivity contribution in [3.8, 4) is 0 Å². The number of ether oxygens (including phenoxy) is 1. The minimum Gasteiger partial charge on any atom is -0.361 e. The van der Waals surface area contributed by atoms with E-state index >= 15 is 0 Å². The van der Waals surface area contributed by atoms with E-state index in [2.05, 4.69) is 123 Å². The van der Waals surface area contributed by atoms with E-state index < -0.39 is 5.60 Å². The number of hydrogen-bond donors (Lipinski definition) is 0. The van der Waals surface area contributed by atoms with E-state index in [9.17, 15) is 0 Å². The molecule has 0 atom stereocenters. The van der Waals surface area contributed by atoms with Crippen LogP contribution in [0.2, 0.25) is 0 Å². The molecular weight excluding hydrogens is 376 g/mol. The molecule has 154 valence electrons. The predicted molar refractivity (Wildman–Crippen MR) is 131 cm³/mol. The van der Waals surface area contributed by atoms with E-state index in [0.717, 1.165) is 22.3 Å². The first-order chi connectivity index (χ1) is 15.2. The Labute approximate surface area is 185 Å². The van der Waals surface area contributed by atoms with E-state index in [1.165, 1.54) is 11.1 Å². The summed E-state index contributed by atoms with van der Waals surface area (Å²) < 4.78 is 6.55. The third-order valence-corrected chi connectivity index (χ3v) is 5.58. The molecule has 0 amide bonds. The molecule has 0 unspecified atom stereocenters. The van der Waals surface area contributed by atoms with Gasteiger partial charge in [0.25, 0.3) is 0 Å². The van der Waals surface area contributed by atoms with Gasteiger partial charge in [0.2, 0.25) is 0 Å². The molecular formula is C30H28O. The highest BCUT2D eigenvalue weighted by atomic mass is 16.5. The quantitative estimate of drug-likeness (QED) is 0.229. The Morgan fingerprint density at radius 2 is 1.00 bits per heavy atom. The lowest BCUT2D eigenvalue weighted by Gasteiger charge is -2.35. The van der Waals surface area contributed by atoms with Crippen molar-refractivity contribution >= 4 is 12.2 Å². The molecule has 0 saturated heterocycles. The lowest BCUT2D eigenvalue weighted by atomic mass is 9.80. The zero-order valence-electron chi connectivity index (χ0n) is 18.2. The molecule has 0 radical (unpaired) electrons. The zero-order valence-corrected chi connectivity index (χ0v) is 18.2. The highest BCUT2D eigenvalue weighted by Gasteiger charge is 2.36. The molecule has 4 rings (SSSR count). The average Bonchev–Trinajstić information content (AvgIpc) is 2.84. The molecule has 4 aromatic rings. The van der Waals surface area contributed by atoms with Crippen LogP contribution in [0.25, 0.3) is 12.2 Å². The smallest absolute Gasteiger partial charge is 0.143 e. The molecule has 4 aromatic carbocycles. The van der Waals surface area contributed by atoms with Crippen LogP contribution in [0.3, 0.4) is 0 Å². The minimum absolute atomic E-state index is 0.610. The van der Waals surface area contributed by atoms with Gasteiger partial charge in [0, 0.05) is 6.61 Å². The van der Waals surface area contributed by atoms with Gasteiger partial charge in [0.1, 0.15) is 5.60 Å². The van der Waals surface area contributed by atoms with Gasteiger partial charge in [0.05, 0.1) is 0 Å². The Bertz CT molecular complexity index is 1070. The molecule has 0 aliphatic carbocycles. The number of benzene rings is 4. The van der Waals surface area contributed by atoms with Crippen LogP contribution in [0, 0.1) is 6.92 Å². The molecule has 0 spiro atoms. The maximum Gasteiger partial charge on any atom is 0.143 e. The molecule has 0 aliphatic heterocycles. The molecule has 1 heteroatoms. The molecule has 0 fully saturated rings. The van der Waals surface area contributed by atoms with Gasteiger partial charge in [0.15, 0.2) is 0 Å². The van der Waals surface area contributed by atoms with Gasteiger partial charge < -0.3 is 4.74 Å². The van der Waals surface area contributed by atoms with Crippen molar-refractivity contribution in [2.45, 2.75) is 19.4 Å². The van der Waals surface area contributed by atoms with Crippen molar-refractivity contribution < 1.29 is 4.74 Å². The fourth-order valence-corrected chi connectivity index (χ4v) is 4.01. The third kappa shape index (κ3) is 4.52. The second-order valence-corrected chi connectivity index (χ2v) is 7.71. The van der Waals surface area contributed by atoms with Crippen LogP contribution in [0.4, 0.5) is 0 Å². The highest BCUT2D eigenvalue weighted by Crippen LogP contribution is 2.40. The normalized spacial score (nSPS) is 11.7. The van der Waals surface area contributed by atoms with Gasteiger partial charge in [-0.2, -0.15) is 0 Å². The van der Waals surface area contributed by atoms with E-state index in [0.29, 0.717) is 6.61 Å². The summed E-state index contributed by atoms with van der Waals surface area (Å²) >= 11 is 0. The monoisotopic (exact) mass is 404 g/mol.